The molecule has 0 saturated carbocycles. The Balaban J connectivity index is 2.23. The topological polar surface area (TPSA) is 55.1 Å². The number of halogens is 3. The third-order valence-corrected chi connectivity index (χ3v) is 3.23. The number of carbonyl (C=O) groups is 1. The summed E-state index contributed by atoms with van der Waals surface area (Å²) in [5.41, 5.74) is 5.69. The summed E-state index contributed by atoms with van der Waals surface area (Å²) in [5.74, 6) is -2.08. The van der Waals surface area contributed by atoms with Crippen molar-refractivity contribution in [2.75, 3.05) is 5.32 Å². The zero-order chi connectivity index (χ0) is 15.6. The summed E-state index contributed by atoms with van der Waals surface area (Å²) in [6.07, 6.45) is 0. The first-order valence-electron chi connectivity index (χ1n) is 5.74. The first kappa shape index (κ1) is 15.3. The van der Waals surface area contributed by atoms with E-state index >= 15 is 0 Å². The van der Waals surface area contributed by atoms with E-state index in [9.17, 15) is 13.6 Å². The molecule has 0 aliphatic carbocycles. The van der Waals surface area contributed by atoms with Gasteiger partial charge in [0.1, 0.15) is 16.6 Å². The minimum Gasteiger partial charge on any atom is -0.389 e. The first-order chi connectivity index (χ1) is 9.88. The second kappa shape index (κ2) is 6.15. The molecular weight excluding hydrogens is 318 g/mol. The highest BCUT2D eigenvalue weighted by Gasteiger charge is 2.12. The van der Waals surface area contributed by atoms with Crippen molar-refractivity contribution in [2.45, 2.75) is 0 Å². The molecule has 0 radical (unpaired) electrons. The Hall–Kier alpha value is -2.05. The summed E-state index contributed by atoms with van der Waals surface area (Å²) in [6, 6.07) is 7.47. The first-order valence-corrected chi connectivity index (χ1v) is 6.53. The fourth-order valence-electron chi connectivity index (χ4n) is 1.60. The second-order valence-electron chi connectivity index (χ2n) is 4.14. The molecule has 0 atom stereocenters. The highest BCUT2D eigenvalue weighted by Crippen LogP contribution is 2.19. The summed E-state index contributed by atoms with van der Waals surface area (Å²) in [4.78, 5) is 12.0. The normalized spacial score (nSPS) is 10.2. The Morgan fingerprint density at radius 1 is 1.10 bits per heavy atom. The van der Waals surface area contributed by atoms with E-state index in [1.54, 1.807) is 0 Å². The molecule has 2 aromatic rings. The van der Waals surface area contributed by atoms with Crippen molar-refractivity contribution in [3.05, 3.63) is 64.2 Å². The number of anilines is 1. The average Bonchev–Trinajstić information content (AvgIpc) is 2.43. The predicted molar refractivity (Wildman–Crippen MR) is 81.7 cm³/mol. The molecule has 108 valence electrons. The minimum absolute atomic E-state index is 0.0229. The van der Waals surface area contributed by atoms with Gasteiger partial charge in [-0.3, -0.25) is 4.79 Å². The van der Waals surface area contributed by atoms with E-state index in [2.05, 4.69) is 5.32 Å². The van der Waals surface area contributed by atoms with E-state index in [4.69, 9.17) is 29.6 Å². The molecule has 0 spiro atoms. The standard InChI is InChI=1S/C14H9ClF2N2OS/c15-9-3-1-8(6-10(9)16)14(20)19-12-4-2-7(13(18)21)5-11(12)17/h1-6H,(H2,18,21)(H,19,20). The van der Waals surface area contributed by atoms with Crippen molar-refractivity contribution in [3.8, 4) is 0 Å². The molecule has 0 aliphatic rings. The monoisotopic (exact) mass is 326 g/mol. The predicted octanol–water partition coefficient (Wildman–Crippen LogP) is 3.50. The molecule has 0 unspecified atom stereocenters. The highest BCUT2D eigenvalue weighted by atomic mass is 35.5. The van der Waals surface area contributed by atoms with Gasteiger partial charge in [0.15, 0.2) is 0 Å². The van der Waals surface area contributed by atoms with Crippen LogP contribution in [0.5, 0.6) is 0 Å². The van der Waals surface area contributed by atoms with E-state index in [1.165, 1.54) is 24.3 Å². The zero-order valence-corrected chi connectivity index (χ0v) is 12.1. The molecular formula is C14H9ClF2N2OS. The van der Waals surface area contributed by atoms with Crippen LogP contribution in [-0.2, 0) is 0 Å². The molecule has 0 saturated heterocycles. The summed E-state index contributed by atoms with van der Waals surface area (Å²) < 4.78 is 27.1. The van der Waals surface area contributed by atoms with Gasteiger partial charge in [-0.05, 0) is 36.4 Å². The Morgan fingerprint density at radius 2 is 1.71 bits per heavy atom. The maximum absolute atomic E-state index is 13.8. The average molecular weight is 327 g/mol. The number of nitrogens with one attached hydrogen (secondary N) is 1. The number of carbonyl (C=O) groups excluding carboxylic acids is 1. The third-order valence-electron chi connectivity index (χ3n) is 2.68. The van der Waals surface area contributed by atoms with Gasteiger partial charge in [0.05, 0.1) is 10.7 Å². The van der Waals surface area contributed by atoms with Crippen molar-refractivity contribution in [2.24, 2.45) is 5.73 Å². The fourth-order valence-corrected chi connectivity index (χ4v) is 1.85. The number of hydrogen-bond acceptors (Lipinski definition) is 2. The quantitative estimate of drug-likeness (QED) is 0.849. The van der Waals surface area contributed by atoms with Crippen LogP contribution in [0.25, 0.3) is 0 Å². The summed E-state index contributed by atoms with van der Waals surface area (Å²) in [7, 11) is 0. The number of amides is 1. The molecule has 7 heteroatoms. The molecule has 0 aliphatic heterocycles. The van der Waals surface area contributed by atoms with Gasteiger partial charge in [-0.15, -0.1) is 0 Å². The van der Waals surface area contributed by atoms with Crippen LogP contribution in [0.15, 0.2) is 36.4 Å². The van der Waals surface area contributed by atoms with Gasteiger partial charge < -0.3 is 11.1 Å². The Morgan fingerprint density at radius 3 is 2.29 bits per heavy atom. The lowest BCUT2D eigenvalue weighted by atomic mass is 10.1. The molecule has 3 N–H and O–H groups in total. The Labute approximate surface area is 129 Å². The second-order valence-corrected chi connectivity index (χ2v) is 4.99. The lowest BCUT2D eigenvalue weighted by Crippen LogP contribution is -2.14. The molecule has 0 aromatic heterocycles. The summed E-state index contributed by atoms with van der Waals surface area (Å²) in [5, 5.41) is 2.23. The zero-order valence-electron chi connectivity index (χ0n) is 10.5. The van der Waals surface area contributed by atoms with Gasteiger partial charge in [0.2, 0.25) is 0 Å². The minimum atomic E-state index is -0.728. The molecule has 0 heterocycles. The molecule has 21 heavy (non-hydrogen) atoms. The SMILES string of the molecule is NC(=S)c1ccc(NC(=O)c2ccc(Cl)c(F)c2)c(F)c1. The smallest absolute Gasteiger partial charge is 0.255 e. The number of thiocarbonyl (C=S) groups is 1. The van der Waals surface area contributed by atoms with Crippen molar-refractivity contribution in [3.63, 3.8) is 0 Å². The van der Waals surface area contributed by atoms with Crippen molar-refractivity contribution < 1.29 is 13.6 Å². The number of hydrogen-bond donors (Lipinski definition) is 2. The van der Waals surface area contributed by atoms with Gasteiger partial charge in [0.25, 0.3) is 5.91 Å². The highest BCUT2D eigenvalue weighted by molar-refractivity contribution is 7.80. The molecule has 0 bridgehead atoms. The van der Waals surface area contributed by atoms with Crippen LogP contribution in [0.4, 0.5) is 14.5 Å². The van der Waals surface area contributed by atoms with Gasteiger partial charge in [-0.2, -0.15) is 0 Å². The van der Waals surface area contributed by atoms with E-state index in [0.717, 1.165) is 12.1 Å². The van der Waals surface area contributed by atoms with Crippen LogP contribution in [0, 0.1) is 11.6 Å². The third kappa shape index (κ3) is 3.53. The maximum Gasteiger partial charge on any atom is 0.255 e. The van der Waals surface area contributed by atoms with Crippen molar-refractivity contribution in [1.82, 2.24) is 0 Å². The van der Waals surface area contributed by atoms with E-state index < -0.39 is 17.5 Å². The Bertz CT molecular complexity index is 737. The van der Waals surface area contributed by atoms with Gasteiger partial charge in [-0.25, -0.2) is 8.78 Å². The summed E-state index contributed by atoms with van der Waals surface area (Å²) >= 11 is 10.3. The van der Waals surface area contributed by atoms with Gasteiger partial charge >= 0.3 is 0 Å². The van der Waals surface area contributed by atoms with Crippen LogP contribution in [-0.4, -0.2) is 10.9 Å². The number of rotatable bonds is 3. The molecule has 3 nitrogen and oxygen atoms in total. The number of nitrogens with two attached hydrogens (primary N) is 1. The number of benzene rings is 2. The van der Waals surface area contributed by atoms with Gasteiger partial charge in [0, 0.05) is 11.1 Å². The lowest BCUT2D eigenvalue weighted by Gasteiger charge is -2.08. The van der Waals surface area contributed by atoms with Crippen LogP contribution in [0.2, 0.25) is 5.02 Å². The lowest BCUT2D eigenvalue weighted by molar-refractivity contribution is 0.102. The molecule has 1 amide bonds. The van der Waals surface area contributed by atoms with Crippen molar-refractivity contribution >= 4 is 40.4 Å². The van der Waals surface area contributed by atoms with Crippen LogP contribution in [0.3, 0.4) is 0 Å². The summed E-state index contributed by atoms with van der Waals surface area (Å²) in [6.45, 7) is 0. The Kier molecular flexibility index (Phi) is 4.50. The maximum atomic E-state index is 13.8. The van der Waals surface area contributed by atoms with E-state index in [1.807, 2.05) is 0 Å². The molecule has 2 rings (SSSR count). The van der Waals surface area contributed by atoms with E-state index in [-0.39, 0.29) is 21.3 Å². The van der Waals surface area contributed by atoms with Crippen molar-refractivity contribution in [1.29, 1.82) is 0 Å². The largest absolute Gasteiger partial charge is 0.389 e. The fraction of sp³-hybridized carbons (Fsp3) is 0. The van der Waals surface area contributed by atoms with E-state index in [0.29, 0.717) is 5.56 Å². The van der Waals surface area contributed by atoms with Crippen LogP contribution in [0.1, 0.15) is 15.9 Å². The van der Waals surface area contributed by atoms with Gasteiger partial charge in [-0.1, -0.05) is 23.8 Å². The molecule has 0 fully saturated rings. The molecule has 2 aromatic carbocycles. The van der Waals surface area contributed by atoms with Crippen LogP contribution >= 0.6 is 23.8 Å². The van der Waals surface area contributed by atoms with Crippen LogP contribution < -0.4 is 11.1 Å².